The summed E-state index contributed by atoms with van der Waals surface area (Å²) in [5, 5.41) is 3.71. The molecule has 0 bridgehead atoms. The number of nitrogens with zero attached hydrogens (tertiary/aromatic N) is 1. The van der Waals surface area contributed by atoms with Gasteiger partial charge in [-0.25, -0.2) is 0 Å². The van der Waals surface area contributed by atoms with Crippen LogP contribution in [0.25, 0.3) is 0 Å². The van der Waals surface area contributed by atoms with E-state index in [1.165, 1.54) is 38.6 Å². The highest BCUT2D eigenvalue weighted by Crippen LogP contribution is 2.41. The highest BCUT2D eigenvalue weighted by atomic mass is 15.1. The third-order valence-electron chi connectivity index (χ3n) is 3.96. The summed E-state index contributed by atoms with van der Waals surface area (Å²) in [6, 6.07) is 5.01. The predicted octanol–water partition coefficient (Wildman–Crippen LogP) is 2.34. The van der Waals surface area contributed by atoms with Crippen molar-refractivity contribution in [3.63, 3.8) is 0 Å². The number of rotatable bonds is 1. The van der Waals surface area contributed by atoms with Crippen molar-refractivity contribution in [1.29, 1.82) is 0 Å². The van der Waals surface area contributed by atoms with E-state index in [-0.39, 0.29) is 0 Å². The van der Waals surface area contributed by atoms with Gasteiger partial charge in [-0.05, 0) is 50.8 Å². The van der Waals surface area contributed by atoms with Gasteiger partial charge in [0.05, 0.1) is 0 Å². The zero-order chi connectivity index (χ0) is 9.43. The third kappa shape index (κ3) is 1.29. The monoisotopic (exact) mass is 190 g/mol. The summed E-state index contributed by atoms with van der Waals surface area (Å²) in [5.41, 5.74) is 0.521. The lowest BCUT2D eigenvalue weighted by molar-refractivity contribution is 0.110. The molecule has 1 saturated heterocycles. The van der Waals surface area contributed by atoms with Gasteiger partial charge in [0.1, 0.15) is 0 Å². The van der Waals surface area contributed by atoms with Crippen molar-refractivity contribution in [3.05, 3.63) is 24.5 Å². The molecule has 0 aromatic carbocycles. The van der Waals surface area contributed by atoms with Crippen LogP contribution in [0.3, 0.4) is 0 Å². The summed E-state index contributed by atoms with van der Waals surface area (Å²) < 4.78 is 2.39. The van der Waals surface area contributed by atoms with Crippen LogP contribution >= 0.6 is 0 Å². The molecule has 1 aliphatic carbocycles. The number of aromatic nitrogens is 1. The molecule has 3 rings (SSSR count). The van der Waals surface area contributed by atoms with E-state index in [9.17, 15) is 0 Å². The number of hydrogen-bond donors (Lipinski definition) is 1. The predicted molar refractivity (Wildman–Crippen MR) is 57.3 cm³/mol. The van der Waals surface area contributed by atoms with Crippen LogP contribution in [0.2, 0.25) is 0 Å². The van der Waals surface area contributed by atoms with Crippen molar-refractivity contribution in [2.24, 2.45) is 0 Å². The Balaban J connectivity index is 1.75. The Morgan fingerprint density at radius 3 is 2.64 bits per heavy atom. The highest BCUT2D eigenvalue weighted by molar-refractivity contribution is 5.03. The van der Waals surface area contributed by atoms with Crippen LogP contribution < -0.4 is 5.32 Å². The van der Waals surface area contributed by atoms with Gasteiger partial charge < -0.3 is 9.88 Å². The molecule has 2 heterocycles. The fourth-order valence-electron chi connectivity index (χ4n) is 2.96. The smallest absolute Gasteiger partial charge is 0.0360 e. The minimum absolute atomic E-state index is 0.521. The van der Waals surface area contributed by atoms with E-state index >= 15 is 0 Å². The van der Waals surface area contributed by atoms with Gasteiger partial charge in [0.25, 0.3) is 0 Å². The second-order valence-corrected chi connectivity index (χ2v) is 4.84. The molecule has 76 valence electrons. The maximum atomic E-state index is 3.71. The fraction of sp³-hybridized carbons (Fsp3) is 0.667. The van der Waals surface area contributed by atoms with Crippen LogP contribution in [-0.2, 0) is 0 Å². The minimum Gasteiger partial charge on any atom is -0.351 e. The average Bonchev–Trinajstić information content (AvgIpc) is 2.68. The van der Waals surface area contributed by atoms with Crippen LogP contribution in [0.15, 0.2) is 24.5 Å². The molecule has 2 nitrogen and oxygen atoms in total. The second-order valence-electron chi connectivity index (χ2n) is 4.84. The summed E-state index contributed by atoms with van der Waals surface area (Å²) >= 11 is 0. The lowest BCUT2D eigenvalue weighted by atomic mass is 9.70. The molecule has 1 aliphatic heterocycles. The van der Waals surface area contributed by atoms with Crippen LogP contribution in [0, 0.1) is 0 Å². The Hall–Kier alpha value is -0.760. The first-order chi connectivity index (χ1) is 6.88. The molecule has 1 atom stereocenters. The van der Waals surface area contributed by atoms with E-state index in [4.69, 9.17) is 0 Å². The van der Waals surface area contributed by atoms with E-state index in [2.05, 4.69) is 34.4 Å². The first-order valence-electron chi connectivity index (χ1n) is 5.76. The first kappa shape index (κ1) is 8.54. The van der Waals surface area contributed by atoms with Crippen LogP contribution in [0.1, 0.15) is 38.1 Å². The first-order valence-corrected chi connectivity index (χ1v) is 5.76. The van der Waals surface area contributed by atoms with Gasteiger partial charge in [-0.15, -0.1) is 0 Å². The Morgan fingerprint density at radius 1 is 1.21 bits per heavy atom. The molecule has 0 radical (unpaired) electrons. The molecular weight excluding hydrogens is 172 g/mol. The molecule has 1 spiro atoms. The highest BCUT2D eigenvalue weighted by Gasteiger charge is 2.40. The average molecular weight is 190 g/mol. The lowest BCUT2D eigenvalue weighted by Crippen LogP contribution is -2.55. The Kier molecular flexibility index (Phi) is 1.91. The quantitative estimate of drug-likeness (QED) is 0.719. The van der Waals surface area contributed by atoms with Gasteiger partial charge in [0, 0.05) is 24.0 Å². The molecule has 0 amide bonds. The van der Waals surface area contributed by atoms with E-state index in [1.54, 1.807) is 0 Å². The van der Waals surface area contributed by atoms with Crippen molar-refractivity contribution in [1.82, 2.24) is 9.88 Å². The zero-order valence-electron chi connectivity index (χ0n) is 8.58. The zero-order valence-corrected chi connectivity index (χ0v) is 8.58. The lowest BCUT2D eigenvalue weighted by Gasteiger charge is -2.48. The molecule has 1 aromatic heterocycles. The Bertz CT molecular complexity index is 298. The van der Waals surface area contributed by atoms with E-state index < -0.39 is 0 Å². The van der Waals surface area contributed by atoms with Crippen LogP contribution in [-0.4, -0.2) is 16.7 Å². The summed E-state index contributed by atoms with van der Waals surface area (Å²) in [6.07, 6.45) is 11.3. The van der Waals surface area contributed by atoms with Gasteiger partial charge in [-0.3, -0.25) is 0 Å². The maximum absolute atomic E-state index is 3.71. The van der Waals surface area contributed by atoms with Crippen molar-refractivity contribution in [2.75, 3.05) is 6.54 Å². The van der Waals surface area contributed by atoms with Crippen molar-refractivity contribution in [3.8, 4) is 0 Å². The number of hydrogen-bond acceptors (Lipinski definition) is 1. The normalized spacial score (nSPS) is 30.1. The van der Waals surface area contributed by atoms with Gasteiger partial charge >= 0.3 is 0 Å². The molecule has 2 aliphatic rings. The van der Waals surface area contributed by atoms with Crippen molar-refractivity contribution < 1.29 is 0 Å². The number of nitrogens with one attached hydrogen (secondary N) is 1. The SMILES string of the molecule is c1ccn(C2CCNC3(CCC3)C2)c1. The van der Waals surface area contributed by atoms with Crippen molar-refractivity contribution in [2.45, 2.75) is 43.7 Å². The third-order valence-corrected chi connectivity index (χ3v) is 3.96. The Labute approximate surface area is 85.3 Å². The van der Waals surface area contributed by atoms with Gasteiger partial charge in [-0.2, -0.15) is 0 Å². The Morgan fingerprint density at radius 2 is 2.00 bits per heavy atom. The molecule has 2 heteroatoms. The second kappa shape index (κ2) is 3.13. The van der Waals surface area contributed by atoms with Gasteiger partial charge in [0.2, 0.25) is 0 Å². The molecule has 2 fully saturated rings. The summed E-state index contributed by atoms with van der Waals surface area (Å²) in [7, 11) is 0. The largest absolute Gasteiger partial charge is 0.351 e. The van der Waals surface area contributed by atoms with E-state index in [0.29, 0.717) is 5.54 Å². The molecule has 1 aromatic rings. The van der Waals surface area contributed by atoms with E-state index in [1.807, 2.05) is 0 Å². The molecule has 1 unspecified atom stereocenters. The molecular formula is C12H18N2. The van der Waals surface area contributed by atoms with Crippen molar-refractivity contribution >= 4 is 0 Å². The van der Waals surface area contributed by atoms with Gasteiger partial charge in [0.15, 0.2) is 0 Å². The van der Waals surface area contributed by atoms with Gasteiger partial charge in [-0.1, -0.05) is 0 Å². The van der Waals surface area contributed by atoms with Crippen LogP contribution in [0.4, 0.5) is 0 Å². The summed E-state index contributed by atoms with van der Waals surface area (Å²) in [4.78, 5) is 0. The molecule has 14 heavy (non-hydrogen) atoms. The molecule has 1 saturated carbocycles. The minimum atomic E-state index is 0.521. The van der Waals surface area contributed by atoms with Crippen LogP contribution in [0.5, 0.6) is 0 Å². The molecule has 1 N–H and O–H groups in total. The number of piperidine rings is 1. The fourth-order valence-corrected chi connectivity index (χ4v) is 2.96. The topological polar surface area (TPSA) is 17.0 Å². The standard InChI is InChI=1S/C12H18N2/c1-2-9-14(8-1)11-4-7-13-12(10-11)5-3-6-12/h1-2,8-9,11,13H,3-7,10H2. The van der Waals surface area contributed by atoms with E-state index in [0.717, 1.165) is 6.04 Å². The summed E-state index contributed by atoms with van der Waals surface area (Å²) in [5.74, 6) is 0. The maximum Gasteiger partial charge on any atom is 0.0360 e. The summed E-state index contributed by atoms with van der Waals surface area (Å²) in [6.45, 7) is 1.20.